The van der Waals surface area contributed by atoms with Gasteiger partial charge in [-0.05, 0) is 16.3 Å². The second kappa shape index (κ2) is 6.18. The average Bonchev–Trinajstić information content (AvgIpc) is 2.93. The summed E-state index contributed by atoms with van der Waals surface area (Å²) >= 11 is 1.60. The number of aromatic nitrogens is 1. The summed E-state index contributed by atoms with van der Waals surface area (Å²) in [6.45, 7) is 0. The minimum atomic E-state index is -2.94. The van der Waals surface area contributed by atoms with Crippen molar-refractivity contribution in [2.45, 2.75) is 12.8 Å². The number of thiazole rings is 1. The molecule has 0 spiro atoms. The second-order valence-corrected chi connectivity index (χ2v) is 8.63. The Bertz CT molecular complexity index is 892. The molecule has 0 aliphatic rings. The molecule has 114 valence electrons. The van der Waals surface area contributed by atoms with Gasteiger partial charge in [-0.3, -0.25) is 0 Å². The van der Waals surface area contributed by atoms with Gasteiger partial charge in [-0.25, -0.2) is 13.4 Å². The van der Waals surface area contributed by atoms with Crippen LogP contribution in [0.2, 0.25) is 0 Å². The van der Waals surface area contributed by atoms with Gasteiger partial charge in [0, 0.05) is 24.5 Å². The van der Waals surface area contributed by atoms with E-state index in [1.54, 1.807) is 11.3 Å². The zero-order valence-corrected chi connectivity index (χ0v) is 14.0. The fourth-order valence-electron chi connectivity index (χ4n) is 2.44. The Hall–Kier alpha value is -1.72. The fraction of sp³-hybridized carbons (Fsp3) is 0.235. The zero-order chi connectivity index (χ0) is 15.6. The monoisotopic (exact) mass is 331 g/mol. The molecule has 0 aliphatic carbocycles. The molecule has 0 unspecified atom stereocenters. The Morgan fingerprint density at radius 3 is 2.68 bits per heavy atom. The number of fused-ring (bicyclic) bond motifs is 1. The molecule has 0 bridgehead atoms. The number of nitrogens with zero attached hydrogens (tertiary/aromatic N) is 1. The first-order valence-electron chi connectivity index (χ1n) is 7.09. The Balaban J connectivity index is 1.80. The van der Waals surface area contributed by atoms with E-state index in [0.29, 0.717) is 6.42 Å². The number of hydrogen-bond donors (Lipinski definition) is 0. The van der Waals surface area contributed by atoms with Gasteiger partial charge in [-0.1, -0.05) is 42.5 Å². The largest absolute Gasteiger partial charge is 0.246 e. The smallest absolute Gasteiger partial charge is 0.147 e. The molecule has 0 fully saturated rings. The zero-order valence-electron chi connectivity index (χ0n) is 12.3. The van der Waals surface area contributed by atoms with Crippen LogP contribution >= 0.6 is 11.3 Å². The standard InChI is InChI=1S/C17H17NO2S2/c1-22(19,20)10-9-15-12-21-17(18-15)11-14-7-4-6-13-5-2-3-8-16(13)14/h2-8,12H,9-11H2,1H3. The molecule has 22 heavy (non-hydrogen) atoms. The van der Waals surface area contributed by atoms with E-state index in [1.165, 1.54) is 22.6 Å². The maximum atomic E-state index is 11.2. The van der Waals surface area contributed by atoms with Crippen molar-refractivity contribution in [3.8, 4) is 0 Å². The van der Waals surface area contributed by atoms with Crippen molar-refractivity contribution in [1.82, 2.24) is 4.98 Å². The van der Waals surface area contributed by atoms with Crippen LogP contribution in [0.4, 0.5) is 0 Å². The third kappa shape index (κ3) is 3.72. The van der Waals surface area contributed by atoms with Crippen molar-refractivity contribution in [2.24, 2.45) is 0 Å². The number of sulfone groups is 1. The summed E-state index contributed by atoms with van der Waals surface area (Å²) in [5.41, 5.74) is 2.12. The van der Waals surface area contributed by atoms with Crippen LogP contribution in [-0.4, -0.2) is 25.4 Å². The lowest BCUT2D eigenvalue weighted by Gasteiger charge is -2.04. The van der Waals surface area contributed by atoms with E-state index in [-0.39, 0.29) is 5.75 Å². The van der Waals surface area contributed by atoms with E-state index in [9.17, 15) is 8.42 Å². The number of hydrogen-bond acceptors (Lipinski definition) is 4. The summed E-state index contributed by atoms with van der Waals surface area (Å²) in [5.74, 6) is 0.157. The summed E-state index contributed by atoms with van der Waals surface area (Å²) in [6.07, 6.45) is 2.53. The lowest BCUT2D eigenvalue weighted by atomic mass is 10.0. The normalized spacial score (nSPS) is 11.9. The summed E-state index contributed by atoms with van der Waals surface area (Å²) in [4.78, 5) is 4.57. The Morgan fingerprint density at radius 2 is 1.86 bits per heavy atom. The molecule has 0 aliphatic heterocycles. The Morgan fingerprint density at radius 1 is 1.09 bits per heavy atom. The molecular weight excluding hydrogens is 314 g/mol. The molecule has 1 aromatic heterocycles. The molecule has 0 saturated carbocycles. The predicted molar refractivity (Wildman–Crippen MR) is 92.3 cm³/mol. The molecule has 2 aromatic carbocycles. The SMILES string of the molecule is CS(=O)(=O)CCc1csc(Cc2cccc3ccccc23)n1. The highest BCUT2D eigenvalue weighted by Gasteiger charge is 2.08. The maximum Gasteiger partial charge on any atom is 0.147 e. The van der Waals surface area contributed by atoms with E-state index >= 15 is 0 Å². The lowest BCUT2D eigenvalue weighted by molar-refractivity contribution is 0.601. The molecule has 3 nitrogen and oxygen atoms in total. The number of rotatable bonds is 5. The van der Waals surface area contributed by atoms with E-state index in [1.807, 2.05) is 17.5 Å². The number of benzene rings is 2. The van der Waals surface area contributed by atoms with Crippen molar-refractivity contribution in [3.05, 3.63) is 64.1 Å². The van der Waals surface area contributed by atoms with E-state index in [4.69, 9.17) is 0 Å². The van der Waals surface area contributed by atoms with Crippen LogP contribution in [-0.2, 0) is 22.7 Å². The van der Waals surface area contributed by atoms with Gasteiger partial charge in [0.05, 0.1) is 16.5 Å². The van der Waals surface area contributed by atoms with Crippen LogP contribution < -0.4 is 0 Å². The van der Waals surface area contributed by atoms with Gasteiger partial charge < -0.3 is 0 Å². The predicted octanol–water partition coefficient (Wildman–Crippen LogP) is 3.47. The molecule has 0 N–H and O–H groups in total. The first-order valence-corrected chi connectivity index (χ1v) is 10.0. The van der Waals surface area contributed by atoms with E-state index < -0.39 is 9.84 Å². The second-order valence-electron chi connectivity index (χ2n) is 5.43. The van der Waals surface area contributed by atoms with Crippen molar-refractivity contribution >= 4 is 31.9 Å². The van der Waals surface area contributed by atoms with Gasteiger partial charge in [0.1, 0.15) is 9.84 Å². The minimum Gasteiger partial charge on any atom is -0.246 e. The van der Waals surface area contributed by atoms with Crippen LogP contribution in [0.5, 0.6) is 0 Å². The van der Waals surface area contributed by atoms with Crippen LogP contribution in [0, 0.1) is 0 Å². The maximum absolute atomic E-state index is 11.2. The van der Waals surface area contributed by atoms with Gasteiger partial charge >= 0.3 is 0 Å². The Labute approximate surface area is 134 Å². The Kier molecular flexibility index (Phi) is 4.27. The molecular formula is C17H17NO2S2. The third-order valence-corrected chi connectivity index (χ3v) is 5.39. The van der Waals surface area contributed by atoms with Gasteiger partial charge in [-0.15, -0.1) is 11.3 Å². The van der Waals surface area contributed by atoms with Crippen molar-refractivity contribution in [1.29, 1.82) is 0 Å². The van der Waals surface area contributed by atoms with Gasteiger partial charge in [0.15, 0.2) is 0 Å². The summed E-state index contributed by atoms with van der Waals surface area (Å²) in [7, 11) is -2.94. The molecule has 0 amide bonds. The summed E-state index contributed by atoms with van der Waals surface area (Å²) in [5, 5.41) is 5.47. The van der Waals surface area contributed by atoms with E-state index in [2.05, 4.69) is 35.3 Å². The first kappa shape index (κ1) is 15.2. The van der Waals surface area contributed by atoms with Crippen LogP contribution in [0.25, 0.3) is 10.8 Å². The van der Waals surface area contributed by atoms with Gasteiger partial charge in [0.25, 0.3) is 0 Å². The van der Waals surface area contributed by atoms with Crippen molar-refractivity contribution in [2.75, 3.05) is 12.0 Å². The molecule has 0 atom stereocenters. The van der Waals surface area contributed by atoms with Crippen molar-refractivity contribution < 1.29 is 8.42 Å². The van der Waals surface area contributed by atoms with Gasteiger partial charge in [-0.2, -0.15) is 0 Å². The summed E-state index contributed by atoms with van der Waals surface area (Å²) in [6, 6.07) is 14.6. The molecule has 0 radical (unpaired) electrons. The highest BCUT2D eigenvalue weighted by Crippen LogP contribution is 2.23. The summed E-state index contributed by atoms with van der Waals surface area (Å²) < 4.78 is 22.4. The highest BCUT2D eigenvalue weighted by molar-refractivity contribution is 7.90. The minimum absolute atomic E-state index is 0.157. The fourth-order valence-corrected chi connectivity index (χ4v) is 3.88. The molecule has 0 saturated heterocycles. The van der Waals surface area contributed by atoms with E-state index in [0.717, 1.165) is 17.1 Å². The first-order chi connectivity index (χ1) is 10.5. The highest BCUT2D eigenvalue weighted by atomic mass is 32.2. The quantitative estimate of drug-likeness (QED) is 0.719. The van der Waals surface area contributed by atoms with Crippen LogP contribution in [0.15, 0.2) is 47.8 Å². The van der Waals surface area contributed by atoms with Crippen LogP contribution in [0.3, 0.4) is 0 Å². The average molecular weight is 331 g/mol. The number of aryl methyl sites for hydroxylation is 1. The van der Waals surface area contributed by atoms with Gasteiger partial charge in [0.2, 0.25) is 0 Å². The molecule has 5 heteroatoms. The topological polar surface area (TPSA) is 47.0 Å². The van der Waals surface area contributed by atoms with Crippen molar-refractivity contribution in [3.63, 3.8) is 0 Å². The molecule has 3 aromatic rings. The van der Waals surface area contributed by atoms with Crippen LogP contribution in [0.1, 0.15) is 16.3 Å². The molecule has 3 rings (SSSR count). The third-order valence-electron chi connectivity index (χ3n) is 3.55. The lowest BCUT2D eigenvalue weighted by Crippen LogP contribution is -2.06. The molecule has 1 heterocycles.